The maximum Gasteiger partial charge on any atom is 0.300 e. The van der Waals surface area contributed by atoms with Gasteiger partial charge in [-0.2, -0.15) is 0 Å². The number of phenols is 1. The fourth-order valence-corrected chi connectivity index (χ4v) is 4.52. The molecule has 4 aromatic carbocycles. The third-order valence-electron chi connectivity index (χ3n) is 6.44. The number of ketones is 1. The van der Waals surface area contributed by atoms with Crippen LogP contribution in [-0.4, -0.2) is 21.9 Å². The molecule has 5 rings (SSSR count). The smallest absolute Gasteiger partial charge is 0.300 e. The summed E-state index contributed by atoms with van der Waals surface area (Å²) >= 11 is 0. The highest BCUT2D eigenvalue weighted by atomic mass is 19.1. The van der Waals surface area contributed by atoms with Crippen LogP contribution in [0.2, 0.25) is 0 Å². The summed E-state index contributed by atoms with van der Waals surface area (Å²) in [6, 6.07) is 24.9. The molecule has 1 aliphatic heterocycles. The molecule has 6 nitrogen and oxygen atoms in total. The molecule has 38 heavy (non-hydrogen) atoms. The van der Waals surface area contributed by atoms with E-state index in [-0.39, 0.29) is 17.1 Å². The molecular formula is C31H24FNO5. The Balaban J connectivity index is 1.55. The third-order valence-corrected chi connectivity index (χ3v) is 6.44. The number of aromatic hydroxyl groups is 1. The van der Waals surface area contributed by atoms with Crippen LogP contribution in [0.4, 0.5) is 10.1 Å². The van der Waals surface area contributed by atoms with Crippen LogP contribution >= 0.6 is 0 Å². The number of rotatable bonds is 6. The topological polar surface area (TPSA) is 87.1 Å². The van der Waals surface area contributed by atoms with E-state index in [0.717, 1.165) is 11.1 Å². The van der Waals surface area contributed by atoms with Gasteiger partial charge >= 0.3 is 0 Å². The van der Waals surface area contributed by atoms with Crippen LogP contribution in [0.3, 0.4) is 0 Å². The molecule has 0 aromatic heterocycles. The number of aryl methyl sites for hydroxylation is 1. The van der Waals surface area contributed by atoms with Gasteiger partial charge in [0.1, 0.15) is 29.7 Å². The van der Waals surface area contributed by atoms with E-state index in [1.807, 2.05) is 37.3 Å². The summed E-state index contributed by atoms with van der Waals surface area (Å²) in [6.45, 7) is 2.20. The van der Waals surface area contributed by atoms with E-state index in [4.69, 9.17) is 4.74 Å². The molecule has 1 fully saturated rings. The second-order valence-corrected chi connectivity index (χ2v) is 8.99. The van der Waals surface area contributed by atoms with Gasteiger partial charge in [0.05, 0.1) is 11.6 Å². The van der Waals surface area contributed by atoms with Crippen LogP contribution in [0.15, 0.2) is 103 Å². The largest absolute Gasteiger partial charge is 0.508 e. The van der Waals surface area contributed by atoms with Gasteiger partial charge in [-0.15, -0.1) is 0 Å². The first-order chi connectivity index (χ1) is 18.3. The molecule has 0 bridgehead atoms. The van der Waals surface area contributed by atoms with Crippen LogP contribution in [-0.2, 0) is 16.2 Å². The molecule has 0 radical (unpaired) electrons. The molecule has 1 atom stereocenters. The maximum atomic E-state index is 13.6. The van der Waals surface area contributed by atoms with Crippen molar-refractivity contribution in [2.45, 2.75) is 19.6 Å². The Morgan fingerprint density at radius 2 is 1.61 bits per heavy atom. The van der Waals surface area contributed by atoms with E-state index in [0.29, 0.717) is 29.2 Å². The van der Waals surface area contributed by atoms with E-state index in [1.165, 1.54) is 41.3 Å². The standard InChI is InChI=1S/C31H24FNO5/c1-19-17-22(9-16-26(19)38-18-20-5-3-2-4-6-20)29(35)27-28(21-7-14-25(34)15-8-21)33(31(37)30(27)36)24-12-10-23(32)11-13-24/h2-17,28,34-35H,18H2,1H3/b29-27-. The number of aliphatic hydroxyl groups is 1. The van der Waals surface area contributed by atoms with Gasteiger partial charge in [-0.1, -0.05) is 42.5 Å². The number of carbonyl (C=O) groups is 2. The van der Waals surface area contributed by atoms with Gasteiger partial charge in [-0.3, -0.25) is 14.5 Å². The first kappa shape index (κ1) is 24.8. The van der Waals surface area contributed by atoms with Crippen molar-refractivity contribution in [2.75, 3.05) is 4.90 Å². The minimum absolute atomic E-state index is 0.00852. The summed E-state index contributed by atoms with van der Waals surface area (Å²) in [4.78, 5) is 27.7. The van der Waals surface area contributed by atoms with E-state index in [9.17, 15) is 24.2 Å². The number of Topliss-reactive ketones (excluding diaryl/α,β-unsaturated/α-hetero) is 1. The van der Waals surface area contributed by atoms with Gasteiger partial charge in [0.25, 0.3) is 11.7 Å². The van der Waals surface area contributed by atoms with Crippen LogP contribution in [0.5, 0.6) is 11.5 Å². The summed E-state index contributed by atoms with van der Waals surface area (Å²) in [5.74, 6) is -1.93. The summed E-state index contributed by atoms with van der Waals surface area (Å²) < 4.78 is 19.5. The van der Waals surface area contributed by atoms with E-state index in [2.05, 4.69) is 0 Å². The third kappa shape index (κ3) is 4.74. The molecule has 0 spiro atoms. The summed E-state index contributed by atoms with van der Waals surface area (Å²) in [7, 11) is 0. The molecule has 2 N–H and O–H groups in total. The minimum atomic E-state index is -0.990. The highest BCUT2D eigenvalue weighted by Crippen LogP contribution is 2.42. The average molecular weight is 510 g/mol. The number of ether oxygens (including phenoxy) is 1. The van der Waals surface area contributed by atoms with E-state index >= 15 is 0 Å². The molecule has 1 unspecified atom stereocenters. The van der Waals surface area contributed by atoms with Crippen LogP contribution in [0.1, 0.15) is 28.3 Å². The molecular weight excluding hydrogens is 485 g/mol. The molecule has 1 amide bonds. The number of aliphatic hydroxyl groups excluding tert-OH is 1. The SMILES string of the molecule is Cc1cc(/C(O)=C2/C(=O)C(=O)N(c3ccc(F)cc3)C2c2ccc(O)cc2)ccc1OCc1ccccc1. The first-order valence-corrected chi connectivity index (χ1v) is 12.0. The number of phenolic OH excluding ortho intramolecular Hbond substituents is 1. The summed E-state index contributed by atoms with van der Waals surface area (Å²) in [5.41, 5.74) is 2.77. The molecule has 1 heterocycles. The Kier molecular flexibility index (Phi) is 6.66. The summed E-state index contributed by atoms with van der Waals surface area (Å²) in [5, 5.41) is 21.1. The van der Waals surface area contributed by atoms with Crippen molar-refractivity contribution in [3.8, 4) is 11.5 Å². The van der Waals surface area contributed by atoms with Gasteiger partial charge < -0.3 is 14.9 Å². The second kappa shape index (κ2) is 10.2. The fraction of sp³-hybridized carbons (Fsp3) is 0.0968. The molecule has 190 valence electrons. The number of carbonyl (C=O) groups excluding carboxylic acids is 2. The average Bonchev–Trinajstić information content (AvgIpc) is 3.19. The quantitative estimate of drug-likeness (QED) is 0.188. The molecule has 0 aliphatic carbocycles. The van der Waals surface area contributed by atoms with Gasteiger partial charge in [-0.25, -0.2) is 4.39 Å². The monoisotopic (exact) mass is 509 g/mol. The van der Waals surface area contributed by atoms with Gasteiger partial charge in [0.2, 0.25) is 0 Å². The predicted molar refractivity (Wildman–Crippen MR) is 141 cm³/mol. The predicted octanol–water partition coefficient (Wildman–Crippen LogP) is 6.05. The van der Waals surface area contributed by atoms with Crippen molar-refractivity contribution in [1.82, 2.24) is 0 Å². The molecule has 7 heteroatoms. The van der Waals surface area contributed by atoms with Crippen molar-refractivity contribution in [1.29, 1.82) is 0 Å². The van der Waals surface area contributed by atoms with Crippen LogP contribution in [0, 0.1) is 12.7 Å². The zero-order chi connectivity index (χ0) is 26.8. The van der Waals surface area contributed by atoms with Crippen molar-refractivity contribution >= 4 is 23.1 Å². The molecule has 1 aliphatic rings. The Morgan fingerprint density at radius 1 is 0.921 bits per heavy atom. The second-order valence-electron chi connectivity index (χ2n) is 8.99. The van der Waals surface area contributed by atoms with Crippen molar-refractivity contribution < 1.29 is 28.9 Å². The lowest BCUT2D eigenvalue weighted by atomic mass is 9.94. The number of anilines is 1. The molecule has 1 saturated heterocycles. The van der Waals surface area contributed by atoms with Gasteiger partial charge in [0.15, 0.2) is 0 Å². The van der Waals surface area contributed by atoms with E-state index < -0.39 is 23.5 Å². The highest BCUT2D eigenvalue weighted by Gasteiger charge is 2.47. The number of benzene rings is 4. The van der Waals surface area contributed by atoms with Gasteiger partial charge in [0, 0.05) is 11.3 Å². The van der Waals surface area contributed by atoms with Crippen LogP contribution < -0.4 is 9.64 Å². The first-order valence-electron chi connectivity index (χ1n) is 12.0. The lowest BCUT2D eigenvalue weighted by molar-refractivity contribution is -0.132. The number of amides is 1. The van der Waals surface area contributed by atoms with Crippen molar-refractivity contribution in [2.24, 2.45) is 0 Å². The lowest BCUT2D eigenvalue weighted by Gasteiger charge is -2.25. The Labute approximate surface area is 218 Å². The maximum absolute atomic E-state index is 13.6. The zero-order valence-corrected chi connectivity index (χ0v) is 20.5. The number of hydrogen-bond acceptors (Lipinski definition) is 5. The Bertz CT molecular complexity index is 1530. The normalized spacial score (nSPS) is 16.6. The molecule has 4 aromatic rings. The Morgan fingerprint density at radius 3 is 2.26 bits per heavy atom. The van der Waals surface area contributed by atoms with Crippen molar-refractivity contribution in [3.05, 3.63) is 131 Å². The minimum Gasteiger partial charge on any atom is -0.508 e. The zero-order valence-electron chi connectivity index (χ0n) is 20.5. The van der Waals surface area contributed by atoms with Crippen LogP contribution in [0.25, 0.3) is 5.76 Å². The summed E-state index contributed by atoms with van der Waals surface area (Å²) in [6.07, 6.45) is 0. The van der Waals surface area contributed by atoms with Gasteiger partial charge in [-0.05, 0) is 78.2 Å². The van der Waals surface area contributed by atoms with Crippen molar-refractivity contribution in [3.63, 3.8) is 0 Å². The lowest BCUT2D eigenvalue weighted by Crippen LogP contribution is -2.29. The number of hydrogen-bond donors (Lipinski definition) is 2. The fourth-order valence-electron chi connectivity index (χ4n) is 4.52. The number of halogens is 1. The highest BCUT2D eigenvalue weighted by molar-refractivity contribution is 6.51. The number of nitrogens with zero attached hydrogens (tertiary/aromatic N) is 1. The Hall–Kier alpha value is -4.91. The molecule has 0 saturated carbocycles. The van der Waals surface area contributed by atoms with E-state index in [1.54, 1.807) is 30.3 Å².